The van der Waals surface area contributed by atoms with Gasteiger partial charge >= 0.3 is 0 Å². The summed E-state index contributed by atoms with van der Waals surface area (Å²) in [4.78, 5) is 22.9. The van der Waals surface area contributed by atoms with Crippen molar-refractivity contribution >= 4 is 11.6 Å². The Morgan fingerprint density at radius 3 is 2.81 bits per heavy atom. The van der Waals surface area contributed by atoms with Crippen LogP contribution < -0.4 is 14.4 Å². The normalized spacial score (nSPS) is 18.7. The van der Waals surface area contributed by atoms with Gasteiger partial charge in [0.1, 0.15) is 18.9 Å². The molecule has 27 heavy (non-hydrogen) atoms. The van der Waals surface area contributed by atoms with E-state index < -0.39 is 0 Å². The molecule has 8 nitrogen and oxygen atoms in total. The number of pyridine rings is 1. The van der Waals surface area contributed by atoms with Crippen LogP contribution in [0.25, 0.3) is 11.6 Å². The minimum atomic E-state index is -0.132. The summed E-state index contributed by atoms with van der Waals surface area (Å²) in [5, 5.41) is 4.06. The fraction of sp³-hybridized carbons (Fsp3) is 0.263. The Bertz CT molecular complexity index is 988. The topological polar surface area (TPSA) is 90.6 Å². The van der Waals surface area contributed by atoms with Crippen molar-refractivity contribution in [3.8, 4) is 23.1 Å². The highest BCUT2D eigenvalue weighted by Crippen LogP contribution is 2.37. The van der Waals surface area contributed by atoms with Crippen molar-refractivity contribution in [2.24, 2.45) is 0 Å². The van der Waals surface area contributed by atoms with E-state index in [1.165, 1.54) is 0 Å². The summed E-state index contributed by atoms with van der Waals surface area (Å²) in [6.07, 6.45) is 2.00. The number of benzene rings is 1. The van der Waals surface area contributed by atoms with Crippen LogP contribution in [0.3, 0.4) is 0 Å². The van der Waals surface area contributed by atoms with Crippen molar-refractivity contribution in [2.75, 3.05) is 24.7 Å². The first kappa shape index (κ1) is 15.8. The molecule has 136 valence electrons. The average Bonchev–Trinajstić information content (AvgIpc) is 3.35. The lowest BCUT2D eigenvalue weighted by atomic mass is 10.1. The van der Waals surface area contributed by atoms with Crippen LogP contribution in [-0.2, 0) is 4.79 Å². The molecule has 1 atom stereocenters. The third kappa shape index (κ3) is 2.88. The molecule has 0 radical (unpaired) electrons. The number of carbonyl (C=O) groups is 1. The third-order valence-electron chi connectivity index (χ3n) is 4.65. The molecule has 5 rings (SSSR count). The molecule has 0 aliphatic carbocycles. The Morgan fingerprint density at radius 1 is 1.07 bits per heavy atom. The minimum absolute atomic E-state index is 0.0147. The van der Waals surface area contributed by atoms with Crippen LogP contribution in [0.15, 0.2) is 47.1 Å². The van der Waals surface area contributed by atoms with Crippen molar-refractivity contribution in [3.05, 3.63) is 48.4 Å². The van der Waals surface area contributed by atoms with E-state index in [0.717, 1.165) is 5.69 Å². The molecule has 2 aliphatic heterocycles. The quantitative estimate of drug-likeness (QED) is 0.705. The van der Waals surface area contributed by atoms with Crippen molar-refractivity contribution in [2.45, 2.75) is 12.3 Å². The van der Waals surface area contributed by atoms with Crippen molar-refractivity contribution in [3.63, 3.8) is 0 Å². The molecule has 2 aliphatic rings. The lowest BCUT2D eigenvalue weighted by Gasteiger charge is -2.22. The first-order chi connectivity index (χ1) is 13.3. The highest BCUT2D eigenvalue weighted by molar-refractivity contribution is 5.96. The first-order valence-corrected chi connectivity index (χ1v) is 8.73. The van der Waals surface area contributed by atoms with Gasteiger partial charge in [0.25, 0.3) is 5.89 Å². The standard InChI is InChI=1S/C19H16N4O4/c24-17-9-12(18-21-19(27-22-18)14-3-1-2-6-20-14)11-23(17)13-4-5-15-16(10-13)26-8-7-25-15/h1-6,10,12H,7-9,11H2. The second-order valence-corrected chi connectivity index (χ2v) is 6.41. The Kier molecular flexibility index (Phi) is 3.74. The van der Waals surface area contributed by atoms with Gasteiger partial charge in [0.05, 0.1) is 0 Å². The SMILES string of the molecule is O=C1CC(c2noc(-c3ccccn3)n2)CN1c1ccc2c(c1)OCCO2. The molecule has 8 heteroatoms. The average molecular weight is 364 g/mol. The van der Waals surface area contributed by atoms with Gasteiger partial charge in [0.2, 0.25) is 5.91 Å². The van der Waals surface area contributed by atoms with Crippen LogP contribution in [0.2, 0.25) is 0 Å². The van der Waals surface area contributed by atoms with Gasteiger partial charge in [-0.2, -0.15) is 4.98 Å². The van der Waals surface area contributed by atoms with Gasteiger partial charge in [-0.05, 0) is 24.3 Å². The van der Waals surface area contributed by atoms with E-state index in [9.17, 15) is 4.79 Å². The first-order valence-electron chi connectivity index (χ1n) is 8.73. The molecule has 0 spiro atoms. The highest BCUT2D eigenvalue weighted by Gasteiger charge is 2.35. The number of aromatic nitrogens is 3. The fourth-order valence-corrected chi connectivity index (χ4v) is 3.32. The Labute approximate surface area is 154 Å². The number of fused-ring (bicyclic) bond motifs is 1. The van der Waals surface area contributed by atoms with E-state index in [1.54, 1.807) is 17.2 Å². The van der Waals surface area contributed by atoms with Gasteiger partial charge in [-0.1, -0.05) is 11.2 Å². The van der Waals surface area contributed by atoms with Gasteiger partial charge < -0.3 is 18.9 Å². The van der Waals surface area contributed by atoms with Crippen LogP contribution in [0.5, 0.6) is 11.5 Å². The monoisotopic (exact) mass is 364 g/mol. The predicted octanol–water partition coefficient (Wildman–Crippen LogP) is 2.42. The predicted molar refractivity (Wildman–Crippen MR) is 94.7 cm³/mol. The maximum absolute atomic E-state index is 12.6. The molecule has 0 saturated carbocycles. The molecule has 2 aromatic heterocycles. The van der Waals surface area contributed by atoms with E-state index in [4.69, 9.17) is 14.0 Å². The van der Waals surface area contributed by atoms with E-state index in [0.29, 0.717) is 55.1 Å². The van der Waals surface area contributed by atoms with Crippen LogP contribution in [0.4, 0.5) is 5.69 Å². The lowest BCUT2D eigenvalue weighted by Crippen LogP contribution is -2.25. The lowest BCUT2D eigenvalue weighted by molar-refractivity contribution is -0.117. The van der Waals surface area contributed by atoms with Crippen LogP contribution in [0.1, 0.15) is 18.2 Å². The molecule has 1 unspecified atom stereocenters. The summed E-state index contributed by atoms with van der Waals surface area (Å²) in [6, 6.07) is 11.0. The molecular weight excluding hydrogens is 348 g/mol. The highest BCUT2D eigenvalue weighted by atomic mass is 16.6. The molecular formula is C19H16N4O4. The maximum Gasteiger partial charge on any atom is 0.276 e. The number of carbonyl (C=O) groups excluding carboxylic acids is 1. The zero-order chi connectivity index (χ0) is 18.2. The Balaban J connectivity index is 1.37. The third-order valence-corrected chi connectivity index (χ3v) is 4.65. The molecule has 1 fully saturated rings. The van der Waals surface area contributed by atoms with Gasteiger partial charge in [-0.15, -0.1) is 0 Å². The van der Waals surface area contributed by atoms with Gasteiger partial charge in [-0.25, -0.2) is 0 Å². The van der Waals surface area contributed by atoms with E-state index in [-0.39, 0.29) is 11.8 Å². The second kappa shape index (κ2) is 6.39. The number of hydrogen-bond donors (Lipinski definition) is 0. The number of anilines is 1. The van der Waals surface area contributed by atoms with Gasteiger partial charge in [-0.3, -0.25) is 9.78 Å². The number of ether oxygens (including phenoxy) is 2. The fourth-order valence-electron chi connectivity index (χ4n) is 3.32. The summed E-state index contributed by atoms with van der Waals surface area (Å²) in [7, 11) is 0. The largest absolute Gasteiger partial charge is 0.486 e. The Hall–Kier alpha value is -3.42. The maximum atomic E-state index is 12.6. The minimum Gasteiger partial charge on any atom is -0.486 e. The van der Waals surface area contributed by atoms with Gasteiger partial charge in [0, 0.05) is 36.8 Å². The van der Waals surface area contributed by atoms with Crippen LogP contribution in [-0.4, -0.2) is 40.8 Å². The van der Waals surface area contributed by atoms with Crippen LogP contribution >= 0.6 is 0 Å². The number of rotatable bonds is 3. The summed E-state index contributed by atoms with van der Waals surface area (Å²) >= 11 is 0. The van der Waals surface area contributed by atoms with Crippen molar-refractivity contribution < 1.29 is 18.8 Å². The molecule has 1 aromatic carbocycles. The Morgan fingerprint density at radius 2 is 1.96 bits per heavy atom. The van der Waals surface area contributed by atoms with E-state index in [2.05, 4.69) is 15.1 Å². The number of hydrogen-bond acceptors (Lipinski definition) is 7. The molecule has 1 saturated heterocycles. The summed E-state index contributed by atoms with van der Waals surface area (Å²) in [5.74, 6) is 2.12. The molecule has 0 N–H and O–H groups in total. The summed E-state index contributed by atoms with van der Waals surface area (Å²) in [6.45, 7) is 1.53. The van der Waals surface area contributed by atoms with E-state index in [1.807, 2.05) is 30.3 Å². The van der Waals surface area contributed by atoms with Crippen LogP contribution in [0, 0.1) is 0 Å². The summed E-state index contributed by atoms with van der Waals surface area (Å²) < 4.78 is 16.5. The number of nitrogens with zero attached hydrogens (tertiary/aromatic N) is 4. The van der Waals surface area contributed by atoms with Crippen molar-refractivity contribution in [1.82, 2.24) is 15.1 Å². The molecule has 4 heterocycles. The van der Waals surface area contributed by atoms with Gasteiger partial charge in [0.15, 0.2) is 17.3 Å². The smallest absolute Gasteiger partial charge is 0.276 e. The zero-order valence-electron chi connectivity index (χ0n) is 14.4. The second-order valence-electron chi connectivity index (χ2n) is 6.41. The summed E-state index contributed by atoms with van der Waals surface area (Å²) in [5.41, 5.74) is 1.39. The molecule has 3 aromatic rings. The molecule has 0 bridgehead atoms. The molecule has 1 amide bonds. The number of amides is 1. The zero-order valence-corrected chi connectivity index (χ0v) is 14.4. The van der Waals surface area contributed by atoms with Crippen molar-refractivity contribution in [1.29, 1.82) is 0 Å². The van der Waals surface area contributed by atoms with E-state index >= 15 is 0 Å².